The molecule has 3 fully saturated rings. The van der Waals surface area contributed by atoms with Crippen molar-refractivity contribution < 1.29 is 19.2 Å². The largest absolute Gasteiger partial charge is 0.352 e. The highest BCUT2D eigenvalue weighted by Gasteiger charge is 2.52. The number of rotatable bonds is 7. The van der Waals surface area contributed by atoms with E-state index >= 15 is 0 Å². The Morgan fingerprint density at radius 1 is 1.18 bits per heavy atom. The van der Waals surface area contributed by atoms with Crippen molar-refractivity contribution >= 4 is 23.8 Å². The lowest BCUT2D eigenvalue weighted by molar-refractivity contribution is -0.134. The molecule has 0 bridgehead atoms. The summed E-state index contributed by atoms with van der Waals surface area (Å²) in [4.78, 5) is 52.2. The summed E-state index contributed by atoms with van der Waals surface area (Å²) in [6.45, 7) is 3.49. The van der Waals surface area contributed by atoms with Crippen LogP contribution >= 0.6 is 0 Å². The minimum Gasteiger partial charge on any atom is -0.352 e. The van der Waals surface area contributed by atoms with Gasteiger partial charge in [-0.2, -0.15) is 0 Å². The van der Waals surface area contributed by atoms with E-state index in [9.17, 15) is 19.2 Å². The van der Waals surface area contributed by atoms with Gasteiger partial charge in [0.15, 0.2) is 0 Å². The van der Waals surface area contributed by atoms with Crippen molar-refractivity contribution in [2.24, 2.45) is 0 Å². The molecule has 0 aromatic carbocycles. The molecule has 0 radical (unpaired) electrons. The van der Waals surface area contributed by atoms with Crippen LogP contribution in [0.4, 0.5) is 4.79 Å². The van der Waals surface area contributed by atoms with Gasteiger partial charge < -0.3 is 15.5 Å². The van der Waals surface area contributed by atoms with E-state index in [1.165, 1.54) is 4.90 Å². The van der Waals surface area contributed by atoms with Crippen LogP contribution in [-0.4, -0.2) is 64.8 Å². The number of carbonyl (C=O) groups excluding carboxylic acids is 4. The van der Waals surface area contributed by atoms with Crippen molar-refractivity contribution in [1.82, 2.24) is 20.4 Å². The molecule has 1 aliphatic carbocycles. The second-order valence-corrected chi connectivity index (χ2v) is 8.28. The zero-order valence-corrected chi connectivity index (χ0v) is 16.8. The quantitative estimate of drug-likeness (QED) is 0.642. The molecule has 0 aromatic rings. The summed E-state index contributed by atoms with van der Waals surface area (Å²) in [5, 5.41) is 5.87. The predicted molar refractivity (Wildman–Crippen MR) is 103 cm³/mol. The van der Waals surface area contributed by atoms with E-state index in [1.54, 1.807) is 4.90 Å². The molecule has 1 saturated carbocycles. The van der Waals surface area contributed by atoms with E-state index in [0.717, 1.165) is 32.1 Å². The Balaban J connectivity index is 1.43. The molecule has 8 heteroatoms. The number of likely N-dealkylation sites (tertiary alicyclic amines) is 1. The molecule has 2 heterocycles. The van der Waals surface area contributed by atoms with Crippen molar-refractivity contribution in [3.63, 3.8) is 0 Å². The smallest absolute Gasteiger partial charge is 0.325 e. The fourth-order valence-electron chi connectivity index (χ4n) is 4.59. The van der Waals surface area contributed by atoms with Gasteiger partial charge in [-0.25, -0.2) is 4.79 Å². The van der Waals surface area contributed by atoms with Gasteiger partial charge in [-0.05, 0) is 38.5 Å². The zero-order valence-electron chi connectivity index (χ0n) is 16.8. The van der Waals surface area contributed by atoms with Gasteiger partial charge in [0.05, 0.1) is 0 Å². The molecule has 2 N–H and O–H groups in total. The maximum absolute atomic E-state index is 12.6. The monoisotopic (exact) mass is 392 g/mol. The molecule has 5 amide bonds. The van der Waals surface area contributed by atoms with Crippen LogP contribution in [0.25, 0.3) is 0 Å². The number of nitrogens with zero attached hydrogens (tertiary/aromatic N) is 2. The molecule has 2 saturated heterocycles. The van der Waals surface area contributed by atoms with Crippen LogP contribution in [0.1, 0.15) is 71.1 Å². The van der Waals surface area contributed by atoms with E-state index < -0.39 is 5.54 Å². The zero-order chi connectivity index (χ0) is 20.1. The fourth-order valence-corrected chi connectivity index (χ4v) is 4.59. The van der Waals surface area contributed by atoms with Gasteiger partial charge in [0.25, 0.3) is 5.91 Å². The van der Waals surface area contributed by atoms with Crippen molar-refractivity contribution in [3.05, 3.63) is 0 Å². The third kappa shape index (κ3) is 4.47. The first-order valence-electron chi connectivity index (χ1n) is 10.7. The molecule has 1 spiro atoms. The molecule has 1 atom stereocenters. The van der Waals surface area contributed by atoms with E-state index in [0.29, 0.717) is 45.2 Å². The van der Waals surface area contributed by atoms with Gasteiger partial charge in [0.1, 0.15) is 5.54 Å². The molecule has 1 unspecified atom stereocenters. The van der Waals surface area contributed by atoms with E-state index in [-0.39, 0.29) is 36.3 Å². The normalized spacial score (nSPS) is 24.0. The first kappa shape index (κ1) is 20.6. The second kappa shape index (κ2) is 8.92. The van der Waals surface area contributed by atoms with Crippen molar-refractivity contribution in [2.45, 2.75) is 82.7 Å². The van der Waals surface area contributed by atoms with Crippen molar-refractivity contribution in [3.8, 4) is 0 Å². The third-order valence-corrected chi connectivity index (χ3v) is 6.09. The Labute approximate surface area is 166 Å². The molecule has 2 aliphatic heterocycles. The highest BCUT2D eigenvalue weighted by atomic mass is 16.2. The highest BCUT2D eigenvalue weighted by molar-refractivity contribution is 6.07. The maximum Gasteiger partial charge on any atom is 0.325 e. The molecule has 3 rings (SSSR count). The van der Waals surface area contributed by atoms with Crippen LogP contribution in [0, 0.1) is 0 Å². The Morgan fingerprint density at radius 3 is 2.64 bits per heavy atom. The molecule has 8 nitrogen and oxygen atoms in total. The average Bonchev–Trinajstić information content (AvgIpc) is 3.22. The number of hydrogen-bond donors (Lipinski definition) is 2. The van der Waals surface area contributed by atoms with Gasteiger partial charge in [-0.15, -0.1) is 0 Å². The number of piperidine rings is 1. The van der Waals surface area contributed by atoms with E-state index in [1.807, 2.05) is 6.92 Å². The summed E-state index contributed by atoms with van der Waals surface area (Å²) in [5.74, 6) is -0.0580. The second-order valence-electron chi connectivity index (χ2n) is 8.28. The summed E-state index contributed by atoms with van der Waals surface area (Å²) in [6, 6.07) is -0.305. The lowest BCUT2D eigenvalue weighted by Gasteiger charge is -2.33. The lowest BCUT2D eigenvalue weighted by atomic mass is 9.98. The van der Waals surface area contributed by atoms with Crippen LogP contribution in [0.2, 0.25) is 0 Å². The topological polar surface area (TPSA) is 98.8 Å². The summed E-state index contributed by atoms with van der Waals surface area (Å²) in [7, 11) is 0. The number of urea groups is 1. The van der Waals surface area contributed by atoms with Crippen LogP contribution in [0.3, 0.4) is 0 Å². The highest BCUT2D eigenvalue weighted by Crippen LogP contribution is 2.35. The Bertz CT molecular complexity index is 630. The van der Waals surface area contributed by atoms with Crippen LogP contribution < -0.4 is 10.6 Å². The van der Waals surface area contributed by atoms with Gasteiger partial charge in [0, 0.05) is 38.5 Å². The van der Waals surface area contributed by atoms with Gasteiger partial charge >= 0.3 is 6.03 Å². The molecule has 28 heavy (non-hydrogen) atoms. The minimum absolute atomic E-state index is 0.0184. The Hall–Kier alpha value is -2.12. The Morgan fingerprint density at radius 2 is 1.93 bits per heavy atom. The van der Waals surface area contributed by atoms with Crippen LogP contribution in [-0.2, 0) is 14.4 Å². The lowest BCUT2D eigenvalue weighted by Crippen LogP contribution is -2.49. The molecular formula is C20H32N4O4. The Kier molecular flexibility index (Phi) is 6.57. The minimum atomic E-state index is -0.683. The van der Waals surface area contributed by atoms with Crippen LogP contribution in [0.5, 0.6) is 0 Å². The van der Waals surface area contributed by atoms with Crippen molar-refractivity contribution in [1.29, 1.82) is 0 Å². The molecule has 0 aromatic heterocycles. The van der Waals surface area contributed by atoms with Crippen LogP contribution in [0.15, 0.2) is 0 Å². The van der Waals surface area contributed by atoms with Gasteiger partial charge in [-0.3, -0.25) is 19.3 Å². The number of carbonyl (C=O) groups is 4. The van der Waals surface area contributed by atoms with E-state index in [2.05, 4.69) is 10.6 Å². The average molecular weight is 393 g/mol. The predicted octanol–water partition coefficient (Wildman–Crippen LogP) is 1.54. The number of amides is 5. The van der Waals surface area contributed by atoms with Gasteiger partial charge in [-0.1, -0.05) is 19.8 Å². The third-order valence-electron chi connectivity index (χ3n) is 6.09. The first-order chi connectivity index (χ1) is 13.4. The number of imide groups is 1. The summed E-state index contributed by atoms with van der Waals surface area (Å²) in [5.41, 5.74) is -0.683. The summed E-state index contributed by atoms with van der Waals surface area (Å²) >= 11 is 0. The maximum atomic E-state index is 12.6. The fraction of sp³-hybridized carbons (Fsp3) is 0.800. The molecular weight excluding hydrogens is 360 g/mol. The summed E-state index contributed by atoms with van der Waals surface area (Å²) < 4.78 is 0. The molecule has 156 valence electrons. The number of nitrogens with one attached hydrogen (secondary N) is 2. The first-order valence-corrected chi connectivity index (χ1v) is 10.7. The van der Waals surface area contributed by atoms with Gasteiger partial charge in [0.2, 0.25) is 11.8 Å². The SMILES string of the molecule is CCCC(=O)NC1CCCN(C(=O)CCCN2C(=O)NC3(CCCC3)C2=O)C1. The standard InChI is InChI=1S/C20H32N4O4/c1-2-7-16(25)21-15-8-5-12-23(14-15)17(26)9-6-13-24-18(27)20(22-19(24)28)10-3-4-11-20/h15H,2-14H2,1H3,(H,21,25)(H,22,28). The molecule has 3 aliphatic rings. The summed E-state index contributed by atoms with van der Waals surface area (Å²) in [6.07, 6.45) is 7.22. The van der Waals surface area contributed by atoms with E-state index in [4.69, 9.17) is 0 Å². The van der Waals surface area contributed by atoms with Crippen molar-refractivity contribution in [2.75, 3.05) is 19.6 Å². The number of hydrogen-bond acceptors (Lipinski definition) is 4.